The summed E-state index contributed by atoms with van der Waals surface area (Å²) in [6.07, 6.45) is 1.70. The highest BCUT2D eigenvalue weighted by atomic mass is 28.3. The minimum Gasteiger partial charge on any atom is -0.389 e. The summed E-state index contributed by atoms with van der Waals surface area (Å²) < 4.78 is 0. The zero-order valence-electron chi connectivity index (χ0n) is 17.1. The summed E-state index contributed by atoms with van der Waals surface area (Å²) in [5.74, 6) is 0. The number of rotatable bonds is 6. The van der Waals surface area contributed by atoms with E-state index in [1.165, 1.54) is 15.6 Å². The Morgan fingerprint density at radius 3 is 1.43 bits per heavy atom. The summed E-state index contributed by atoms with van der Waals surface area (Å²) in [6, 6.07) is 40.6. The molecule has 0 unspecified atom stereocenters. The van der Waals surface area contributed by atoms with Crippen molar-refractivity contribution in [1.82, 2.24) is 0 Å². The molecule has 0 amide bonds. The second kappa shape index (κ2) is 9.08. The van der Waals surface area contributed by atoms with Gasteiger partial charge >= 0.3 is 0 Å². The van der Waals surface area contributed by atoms with Gasteiger partial charge in [0.15, 0.2) is 8.07 Å². The van der Waals surface area contributed by atoms with Gasteiger partial charge in [-0.1, -0.05) is 127 Å². The highest BCUT2D eigenvalue weighted by Gasteiger charge is 2.36. The Kier molecular flexibility index (Phi) is 6.08. The largest absolute Gasteiger partial charge is 0.389 e. The summed E-state index contributed by atoms with van der Waals surface area (Å²) >= 11 is 0. The van der Waals surface area contributed by atoms with E-state index in [2.05, 4.69) is 109 Å². The molecular formula is C28H26OSi. The van der Waals surface area contributed by atoms with E-state index in [9.17, 15) is 5.11 Å². The standard InChI is InChI=1S/C28H26OSi/c1-23(29)28-20-12-11-13-24(28)21-22-30(25-14-5-2-6-15-25,26-16-7-3-8-17-26)27-18-9-4-10-19-27/h2-23,29H,1H3/b22-21+/t23-/m0/s1. The molecule has 0 aliphatic heterocycles. The van der Waals surface area contributed by atoms with Crippen molar-refractivity contribution in [2.24, 2.45) is 0 Å². The summed E-state index contributed by atoms with van der Waals surface area (Å²) in [6.45, 7) is 1.82. The van der Waals surface area contributed by atoms with Gasteiger partial charge in [-0.3, -0.25) is 0 Å². The second-order valence-corrected chi connectivity index (χ2v) is 11.2. The molecule has 0 bridgehead atoms. The maximum atomic E-state index is 10.3. The Hall–Kier alpha value is -3.20. The molecule has 0 aromatic heterocycles. The zero-order chi connectivity index (χ0) is 20.8. The Morgan fingerprint density at radius 2 is 1.00 bits per heavy atom. The molecule has 4 rings (SSSR count). The van der Waals surface area contributed by atoms with Crippen LogP contribution in [0.1, 0.15) is 24.2 Å². The van der Waals surface area contributed by atoms with Gasteiger partial charge in [0.1, 0.15) is 0 Å². The number of benzene rings is 4. The van der Waals surface area contributed by atoms with Crippen LogP contribution in [0.2, 0.25) is 0 Å². The Bertz CT molecular complexity index is 1010. The molecule has 0 saturated heterocycles. The number of aliphatic hydroxyl groups is 1. The molecule has 4 aromatic carbocycles. The molecule has 0 saturated carbocycles. The van der Waals surface area contributed by atoms with Gasteiger partial charge in [-0.15, -0.1) is 0 Å². The monoisotopic (exact) mass is 406 g/mol. The van der Waals surface area contributed by atoms with Gasteiger partial charge < -0.3 is 5.11 Å². The van der Waals surface area contributed by atoms with E-state index in [1.807, 2.05) is 25.1 Å². The van der Waals surface area contributed by atoms with Crippen molar-refractivity contribution in [3.63, 3.8) is 0 Å². The summed E-state index contributed by atoms with van der Waals surface area (Å²) in [5.41, 5.74) is 4.42. The fourth-order valence-corrected chi connectivity index (χ4v) is 8.31. The van der Waals surface area contributed by atoms with Gasteiger partial charge in [-0.25, -0.2) is 0 Å². The lowest BCUT2D eigenvalue weighted by Gasteiger charge is -2.31. The Balaban J connectivity index is 1.99. The van der Waals surface area contributed by atoms with Crippen molar-refractivity contribution in [1.29, 1.82) is 0 Å². The first kappa shape index (κ1) is 20.1. The quantitative estimate of drug-likeness (QED) is 0.370. The maximum absolute atomic E-state index is 10.3. The molecule has 0 fully saturated rings. The first-order valence-corrected chi connectivity index (χ1v) is 12.4. The number of hydrogen-bond donors (Lipinski definition) is 1. The first-order valence-electron chi connectivity index (χ1n) is 10.3. The van der Waals surface area contributed by atoms with Crippen LogP contribution in [0.3, 0.4) is 0 Å². The zero-order valence-corrected chi connectivity index (χ0v) is 18.1. The van der Waals surface area contributed by atoms with E-state index < -0.39 is 14.2 Å². The van der Waals surface area contributed by atoms with Crippen LogP contribution < -0.4 is 15.6 Å². The predicted molar refractivity (Wildman–Crippen MR) is 130 cm³/mol. The SMILES string of the molecule is C[C@H](O)c1ccccc1/C=C/[Si](c1ccccc1)(c1ccccc1)c1ccccc1. The highest BCUT2D eigenvalue weighted by Crippen LogP contribution is 2.20. The molecule has 4 aromatic rings. The molecule has 2 heteroatoms. The Morgan fingerprint density at radius 1 is 0.600 bits per heavy atom. The molecule has 148 valence electrons. The molecule has 0 heterocycles. The topological polar surface area (TPSA) is 20.2 Å². The molecule has 1 N–H and O–H groups in total. The van der Waals surface area contributed by atoms with Gasteiger partial charge in [0.2, 0.25) is 0 Å². The van der Waals surface area contributed by atoms with Crippen LogP contribution in [0, 0.1) is 0 Å². The minimum atomic E-state index is -2.43. The third kappa shape index (κ3) is 3.93. The van der Waals surface area contributed by atoms with Gasteiger partial charge in [0.25, 0.3) is 0 Å². The van der Waals surface area contributed by atoms with Crippen LogP contribution in [0.25, 0.3) is 6.08 Å². The van der Waals surface area contributed by atoms with Crippen LogP contribution >= 0.6 is 0 Å². The van der Waals surface area contributed by atoms with Crippen LogP contribution in [0.5, 0.6) is 0 Å². The average molecular weight is 407 g/mol. The van der Waals surface area contributed by atoms with Crippen LogP contribution in [0.4, 0.5) is 0 Å². The predicted octanol–water partition coefficient (Wildman–Crippen LogP) is 4.46. The van der Waals surface area contributed by atoms with Crippen LogP contribution in [-0.4, -0.2) is 13.2 Å². The smallest absolute Gasteiger partial charge is 0.172 e. The Labute approximate surface area is 180 Å². The molecule has 30 heavy (non-hydrogen) atoms. The lowest BCUT2D eigenvalue weighted by atomic mass is 10.0. The summed E-state index contributed by atoms with van der Waals surface area (Å²) in [5, 5.41) is 14.3. The molecule has 0 aliphatic carbocycles. The molecular weight excluding hydrogens is 380 g/mol. The van der Waals surface area contributed by atoms with Gasteiger partial charge in [0.05, 0.1) is 6.10 Å². The molecule has 0 aliphatic rings. The molecule has 1 atom stereocenters. The first-order chi connectivity index (χ1) is 14.7. The van der Waals surface area contributed by atoms with Gasteiger partial charge in [0, 0.05) is 0 Å². The van der Waals surface area contributed by atoms with Gasteiger partial charge in [-0.05, 0) is 33.6 Å². The minimum absolute atomic E-state index is 0.507. The van der Waals surface area contributed by atoms with Crippen molar-refractivity contribution >= 4 is 29.7 Å². The lowest BCUT2D eigenvalue weighted by molar-refractivity contribution is 0.199. The highest BCUT2D eigenvalue weighted by molar-refractivity contribution is 7.15. The van der Waals surface area contributed by atoms with Gasteiger partial charge in [-0.2, -0.15) is 0 Å². The fraction of sp³-hybridized carbons (Fsp3) is 0.0714. The number of aliphatic hydroxyl groups excluding tert-OH is 1. The van der Waals surface area contributed by atoms with E-state index >= 15 is 0 Å². The van der Waals surface area contributed by atoms with Crippen LogP contribution in [0.15, 0.2) is 121 Å². The third-order valence-electron chi connectivity index (χ3n) is 5.65. The fourth-order valence-electron chi connectivity index (χ4n) is 4.15. The average Bonchev–Trinajstić information content (AvgIpc) is 2.82. The lowest BCUT2D eigenvalue weighted by Crippen LogP contribution is -2.66. The summed E-state index contributed by atoms with van der Waals surface area (Å²) in [4.78, 5) is 0. The molecule has 0 spiro atoms. The van der Waals surface area contributed by atoms with E-state index in [-0.39, 0.29) is 0 Å². The van der Waals surface area contributed by atoms with Crippen molar-refractivity contribution in [3.05, 3.63) is 132 Å². The van der Waals surface area contributed by atoms with E-state index in [4.69, 9.17) is 0 Å². The van der Waals surface area contributed by atoms with Crippen LogP contribution in [-0.2, 0) is 0 Å². The molecule has 1 nitrogen and oxygen atoms in total. The van der Waals surface area contributed by atoms with Crippen molar-refractivity contribution in [2.45, 2.75) is 13.0 Å². The molecule has 0 radical (unpaired) electrons. The summed E-state index contributed by atoms with van der Waals surface area (Å²) in [7, 11) is -2.43. The maximum Gasteiger partial charge on any atom is 0.172 e. The van der Waals surface area contributed by atoms with E-state index in [0.717, 1.165) is 11.1 Å². The third-order valence-corrected chi connectivity index (χ3v) is 10.0. The van der Waals surface area contributed by atoms with E-state index in [1.54, 1.807) is 0 Å². The van der Waals surface area contributed by atoms with Crippen molar-refractivity contribution in [3.8, 4) is 0 Å². The second-order valence-electron chi connectivity index (χ2n) is 7.54. The normalized spacial score (nSPS) is 12.7. The van der Waals surface area contributed by atoms with Crippen molar-refractivity contribution in [2.75, 3.05) is 0 Å². The number of hydrogen-bond acceptors (Lipinski definition) is 1. The van der Waals surface area contributed by atoms with E-state index in [0.29, 0.717) is 0 Å². The van der Waals surface area contributed by atoms with Crippen molar-refractivity contribution < 1.29 is 5.11 Å².